The van der Waals surface area contributed by atoms with Gasteiger partial charge in [0.1, 0.15) is 5.75 Å². The molecule has 0 radical (unpaired) electrons. The fourth-order valence-corrected chi connectivity index (χ4v) is 2.65. The molecule has 2 N–H and O–H groups in total. The van der Waals surface area contributed by atoms with Crippen LogP contribution in [0.1, 0.15) is 15.9 Å². The average Bonchev–Trinajstić information content (AvgIpc) is 2.47. The van der Waals surface area contributed by atoms with Crippen molar-refractivity contribution in [3.8, 4) is 5.75 Å². The highest BCUT2D eigenvalue weighted by Crippen LogP contribution is 2.20. The Balaban J connectivity index is 2.00. The molecular formula is C15H21N3O2S. The second-order valence-corrected chi connectivity index (χ2v) is 5.74. The van der Waals surface area contributed by atoms with Gasteiger partial charge in [0.05, 0.1) is 12.1 Å². The molecule has 0 atom stereocenters. The number of nitrogens with zero attached hydrogens (tertiary/aromatic N) is 2. The van der Waals surface area contributed by atoms with E-state index in [0.717, 1.165) is 24.4 Å². The average molecular weight is 307 g/mol. The maximum Gasteiger partial charge on any atom is 0.254 e. The summed E-state index contributed by atoms with van der Waals surface area (Å²) in [5.74, 6) is 0.788. The smallest absolute Gasteiger partial charge is 0.254 e. The number of aryl methyl sites for hydroxylation is 1. The van der Waals surface area contributed by atoms with Gasteiger partial charge in [-0.2, -0.15) is 0 Å². The molecule has 1 aliphatic rings. The Morgan fingerprint density at radius 2 is 2.00 bits per heavy atom. The van der Waals surface area contributed by atoms with Crippen LogP contribution in [0.5, 0.6) is 5.75 Å². The van der Waals surface area contributed by atoms with Gasteiger partial charge in [-0.3, -0.25) is 9.69 Å². The van der Waals surface area contributed by atoms with E-state index in [1.165, 1.54) is 0 Å². The number of ether oxygens (including phenoxy) is 1. The van der Waals surface area contributed by atoms with Gasteiger partial charge in [0.25, 0.3) is 5.91 Å². The van der Waals surface area contributed by atoms with Crippen LogP contribution in [0.2, 0.25) is 0 Å². The monoisotopic (exact) mass is 307 g/mol. The Labute approximate surface area is 130 Å². The zero-order valence-electron chi connectivity index (χ0n) is 12.5. The SMILES string of the molecule is COc1cc(C(=O)N2CCN(CC(N)=S)CC2)ccc1C. The first-order valence-corrected chi connectivity index (χ1v) is 7.36. The Morgan fingerprint density at radius 3 is 2.57 bits per heavy atom. The van der Waals surface area contributed by atoms with E-state index in [-0.39, 0.29) is 5.91 Å². The van der Waals surface area contributed by atoms with Crippen LogP contribution >= 0.6 is 12.2 Å². The lowest BCUT2D eigenvalue weighted by Crippen LogP contribution is -2.50. The van der Waals surface area contributed by atoms with Crippen LogP contribution in [0.3, 0.4) is 0 Å². The molecule has 2 rings (SSSR count). The molecule has 114 valence electrons. The van der Waals surface area contributed by atoms with Crippen LogP contribution in [-0.2, 0) is 0 Å². The number of rotatable bonds is 4. The second kappa shape index (κ2) is 6.87. The molecule has 1 heterocycles. The van der Waals surface area contributed by atoms with Gasteiger partial charge in [-0.1, -0.05) is 18.3 Å². The summed E-state index contributed by atoms with van der Waals surface area (Å²) in [6.07, 6.45) is 0. The molecule has 1 aromatic rings. The van der Waals surface area contributed by atoms with E-state index in [1.807, 2.05) is 24.0 Å². The van der Waals surface area contributed by atoms with Crippen molar-refractivity contribution in [2.24, 2.45) is 5.73 Å². The van der Waals surface area contributed by atoms with Crippen LogP contribution in [0, 0.1) is 6.92 Å². The maximum atomic E-state index is 12.5. The highest BCUT2D eigenvalue weighted by Gasteiger charge is 2.22. The lowest BCUT2D eigenvalue weighted by atomic mass is 10.1. The Kier molecular flexibility index (Phi) is 5.14. The third-order valence-electron chi connectivity index (χ3n) is 3.69. The number of benzene rings is 1. The van der Waals surface area contributed by atoms with Gasteiger partial charge >= 0.3 is 0 Å². The van der Waals surface area contributed by atoms with Crippen molar-refractivity contribution in [2.45, 2.75) is 6.92 Å². The Bertz CT molecular complexity index is 540. The van der Waals surface area contributed by atoms with E-state index in [2.05, 4.69) is 4.90 Å². The van der Waals surface area contributed by atoms with Gasteiger partial charge in [-0.25, -0.2) is 0 Å². The van der Waals surface area contributed by atoms with E-state index in [1.54, 1.807) is 13.2 Å². The summed E-state index contributed by atoms with van der Waals surface area (Å²) in [5, 5.41) is 0. The molecule has 0 aliphatic carbocycles. The quantitative estimate of drug-likeness (QED) is 0.843. The highest BCUT2D eigenvalue weighted by molar-refractivity contribution is 7.80. The topological polar surface area (TPSA) is 58.8 Å². The predicted molar refractivity (Wildman–Crippen MR) is 86.9 cm³/mol. The van der Waals surface area contributed by atoms with Crippen LogP contribution in [0.4, 0.5) is 0 Å². The minimum atomic E-state index is 0.0447. The molecular weight excluding hydrogens is 286 g/mol. The van der Waals surface area contributed by atoms with Gasteiger partial charge in [0.2, 0.25) is 0 Å². The molecule has 0 bridgehead atoms. The zero-order chi connectivity index (χ0) is 15.4. The number of hydrogen-bond donors (Lipinski definition) is 1. The fourth-order valence-electron chi connectivity index (χ4n) is 2.47. The minimum absolute atomic E-state index is 0.0447. The molecule has 1 aliphatic heterocycles. The first-order valence-electron chi connectivity index (χ1n) is 6.96. The van der Waals surface area contributed by atoms with Gasteiger partial charge < -0.3 is 15.4 Å². The summed E-state index contributed by atoms with van der Waals surface area (Å²) in [6, 6.07) is 5.57. The molecule has 5 nitrogen and oxygen atoms in total. The third kappa shape index (κ3) is 3.92. The number of amides is 1. The zero-order valence-corrected chi connectivity index (χ0v) is 13.3. The van der Waals surface area contributed by atoms with Crippen LogP contribution in [0.25, 0.3) is 0 Å². The summed E-state index contributed by atoms with van der Waals surface area (Å²) in [6.45, 7) is 5.56. The molecule has 0 unspecified atom stereocenters. The summed E-state index contributed by atoms with van der Waals surface area (Å²) in [7, 11) is 1.62. The number of nitrogens with two attached hydrogens (primary N) is 1. The second-order valence-electron chi connectivity index (χ2n) is 5.22. The first kappa shape index (κ1) is 15.7. The summed E-state index contributed by atoms with van der Waals surface area (Å²) in [4.78, 5) is 17.0. The van der Waals surface area contributed by atoms with Crippen molar-refractivity contribution >= 4 is 23.1 Å². The van der Waals surface area contributed by atoms with Crippen LogP contribution < -0.4 is 10.5 Å². The van der Waals surface area contributed by atoms with Crippen molar-refractivity contribution in [3.63, 3.8) is 0 Å². The first-order chi connectivity index (χ1) is 10.0. The molecule has 1 saturated heterocycles. The standard InChI is InChI=1S/C15H21N3O2S/c1-11-3-4-12(9-13(11)20-2)15(19)18-7-5-17(6-8-18)10-14(16)21/h3-4,9H,5-8,10H2,1-2H3,(H2,16,21). The van der Waals surface area contributed by atoms with Crippen molar-refractivity contribution in [2.75, 3.05) is 39.8 Å². The summed E-state index contributed by atoms with van der Waals surface area (Å²) < 4.78 is 5.28. The molecule has 0 spiro atoms. The van der Waals surface area contributed by atoms with E-state index in [4.69, 9.17) is 22.7 Å². The van der Waals surface area contributed by atoms with Crippen molar-refractivity contribution in [1.82, 2.24) is 9.80 Å². The summed E-state index contributed by atoms with van der Waals surface area (Å²) in [5.41, 5.74) is 7.24. The number of carbonyl (C=O) groups is 1. The van der Waals surface area contributed by atoms with Crippen LogP contribution in [-0.4, -0.2) is 60.5 Å². The molecule has 6 heteroatoms. The fraction of sp³-hybridized carbons (Fsp3) is 0.467. The van der Waals surface area contributed by atoms with Gasteiger partial charge in [0, 0.05) is 38.3 Å². The lowest BCUT2D eigenvalue weighted by molar-refractivity contribution is 0.0654. The molecule has 1 amide bonds. The summed E-state index contributed by atoms with van der Waals surface area (Å²) >= 11 is 4.92. The number of piperazine rings is 1. The Morgan fingerprint density at radius 1 is 1.33 bits per heavy atom. The molecule has 0 saturated carbocycles. The third-order valence-corrected chi connectivity index (χ3v) is 3.82. The van der Waals surface area contributed by atoms with E-state index >= 15 is 0 Å². The normalized spacial score (nSPS) is 15.8. The molecule has 0 aromatic heterocycles. The van der Waals surface area contributed by atoms with E-state index in [9.17, 15) is 4.79 Å². The van der Waals surface area contributed by atoms with E-state index < -0.39 is 0 Å². The maximum absolute atomic E-state index is 12.5. The predicted octanol–water partition coefficient (Wildman–Crippen LogP) is 1.05. The Hall–Kier alpha value is -1.66. The van der Waals surface area contributed by atoms with Crippen LogP contribution in [0.15, 0.2) is 18.2 Å². The number of carbonyl (C=O) groups excluding carboxylic acids is 1. The molecule has 21 heavy (non-hydrogen) atoms. The van der Waals surface area contributed by atoms with Gasteiger partial charge in [0.15, 0.2) is 0 Å². The molecule has 1 aromatic carbocycles. The number of thiocarbonyl (C=S) groups is 1. The number of hydrogen-bond acceptors (Lipinski definition) is 4. The largest absolute Gasteiger partial charge is 0.496 e. The highest BCUT2D eigenvalue weighted by atomic mass is 32.1. The van der Waals surface area contributed by atoms with Gasteiger partial charge in [-0.15, -0.1) is 0 Å². The van der Waals surface area contributed by atoms with Crippen molar-refractivity contribution in [1.29, 1.82) is 0 Å². The van der Waals surface area contributed by atoms with Gasteiger partial charge in [-0.05, 0) is 24.6 Å². The van der Waals surface area contributed by atoms with Crippen molar-refractivity contribution < 1.29 is 9.53 Å². The van der Waals surface area contributed by atoms with E-state index in [0.29, 0.717) is 30.2 Å². The molecule has 1 fully saturated rings. The lowest BCUT2D eigenvalue weighted by Gasteiger charge is -2.34. The number of methoxy groups -OCH3 is 1. The van der Waals surface area contributed by atoms with Crippen molar-refractivity contribution in [3.05, 3.63) is 29.3 Å². The minimum Gasteiger partial charge on any atom is -0.496 e.